The van der Waals surface area contributed by atoms with Gasteiger partial charge in [-0.3, -0.25) is 4.79 Å². The predicted octanol–water partition coefficient (Wildman–Crippen LogP) is 5.17. The number of hydrogen-bond acceptors (Lipinski definition) is 1. The van der Waals surface area contributed by atoms with Crippen molar-refractivity contribution in [3.63, 3.8) is 0 Å². The first-order chi connectivity index (χ1) is 12.1. The molecule has 4 heteroatoms. The van der Waals surface area contributed by atoms with Gasteiger partial charge in [-0.15, -0.1) is 0 Å². The minimum Gasteiger partial charge on any atom is -0.324 e. The standard InChI is InChI=1S/C21H17ClN2O/c1-15(25)24-14-18-6-8-20(23-10-2-3-11-23)13-16(18)4-5-17-12-19(22)7-9-21(17)24/h2-13H,14H2,1H3/b5-4-. The minimum atomic E-state index is 0.0132. The molecule has 25 heavy (non-hydrogen) atoms. The average Bonchev–Trinajstić information content (AvgIpc) is 3.11. The number of halogens is 1. The maximum Gasteiger partial charge on any atom is 0.224 e. The molecule has 0 spiro atoms. The molecule has 1 aromatic heterocycles. The highest BCUT2D eigenvalue weighted by atomic mass is 35.5. The lowest BCUT2D eigenvalue weighted by Gasteiger charge is -2.26. The molecule has 1 amide bonds. The molecule has 0 N–H and O–H groups in total. The summed E-state index contributed by atoms with van der Waals surface area (Å²) < 4.78 is 2.07. The second-order valence-corrected chi connectivity index (χ2v) is 6.55. The van der Waals surface area contributed by atoms with Gasteiger partial charge in [-0.05, 0) is 59.2 Å². The van der Waals surface area contributed by atoms with Crippen molar-refractivity contribution < 1.29 is 4.79 Å². The van der Waals surface area contributed by atoms with Crippen molar-refractivity contribution in [3.8, 4) is 5.69 Å². The molecule has 2 heterocycles. The van der Waals surface area contributed by atoms with E-state index in [0.29, 0.717) is 11.6 Å². The maximum absolute atomic E-state index is 12.2. The lowest BCUT2D eigenvalue weighted by atomic mass is 10.00. The van der Waals surface area contributed by atoms with Crippen LogP contribution in [0, 0.1) is 0 Å². The Morgan fingerprint density at radius 2 is 1.76 bits per heavy atom. The van der Waals surface area contributed by atoms with Gasteiger partial charge in [0.15, 0.2) is 0 Å². The second-order valence-electron chi connectivity index (χ2n) is 6.12. The third kappa shape index (κ3) is 2.99. The van der Waals surface area contributed by atoms with E-state index in [4.69, 9.17) is 11.6 Å². The number of carbonyl (C=O) groups is 1. The first kappa shape index (κ1) is 15.7. The molecule has 1 aliphatic heterocycles. The first-order valence-corrected chi connectivity index (χ1v) is 8.51. The van der Waals surface area contributed by atoms with Gasteiger partial charge in [-0.1, -0.05) is 29.8 Å². The van der Waals surface area contributed by atoms with Crippen LogP contribution in [0.3, 0.4) is 0 Å². The molecule has 0 bridgehead atoms. The van der Waals surface area contributed by atoms with E-state index < -0.39 is 0 Å². The maximum atomic E-state index is 12.2. The van der Waals surface area contributed by atoms with Crippen molar-refractivity contribution in [2.45, 2.75) is 13.5 Å². The first-order valence-electron chi connectivity index (χ1n) is 8.14. The van der Waals surface area contributed by atoms with Crippen LogP contribution in [0.5, 0.6) is 0 Å². The Morgan fingerprint density at radius 3 is 2.52 bits per heavy atom. The quantitative estimate of drug-likeness (QED) is 0.595. The zero-order chi connectivity index (χ0) is 17.4. The number of carbonyl (C=O) groups excluding carboxylic acids is 1. The Hall–Kier alpha value is -2.78. The van der Waals surface area contributed by atoms with Crippen LogP contribution in [-0.2, 0) is 11.3 Å². The predicted molar refractivity (Wildman–Crippen MR) is 103 cm³/mol. The highest BCUT2D eigenvalue weighted by Gasteiger charge is 2.18. The fourth-order valence-electron chi connectivity index (χ4n) is 3.17. The lowest BCUT2D eigenvalue weighted by Crippen LogP contribution is -2.29. The summed E-state index contributed by atoms with van der Waals surface area (Å²) in [5.41, 5.74) is 5.13. The van der Waals surface area contributed by atoms with Crippen LogP contribution in [0.25, 0.3) is 17.8 Å². The van der Waals surface area contributed by atoms with Crippen LogP contribution in [0.2, 0.25) is 5.02 Å². The van der Waals surface area contributed by atoms with Gasteiger partial charge in [0.25, 0.3) is 0 Å². The molecular formula is C21H17ClN2O. The highest BCUT2D eigenvalue weighted by Crippen LogP contribution is 2.31. The Bertz CT molecular complexity index is 974. The van der Waals surface area contributed by atoms with Crippen molar-refractivity contribution in [2.75, 3.05) is 4.90 Å². The Morgan fingerprint density at radius 1 is 1.00 bits per heavy atom. The molecule has 0 atom stereocenters. The van der Waals surface area contributed by atoms with Gasteiger partial charge in [0.1, 0.15) is 0 Å². The van der Waals surface area contributed by atoms with Crippen LogP contribution < -0.4 is 4.90 Å². The summed E-state index contributed by atoms with van der Waals surface area (Å²) in [6, 6.07) is 15.9. The molecule has 0 unspecified atom stereocenters. The number of nitrogens with zero attached hydrogens (tertiary/aromatic N) is 2. The zero-order valence-electron chi connectivity index (χ0n) is 13.8. The molecule has 3 nitrogen and oxygen atoms in total. The van der Waals surface area contributed by atoms with Crippen LogP contribution in [-0.4, -0.2) is 10.5 Å². The van der Waals surface area contributed by atoms with Crippen molar-refractivity contribution in [2.24, 2.45) is 0 Å². The number of hydrogen-bond donors (Lipinski definition) is 0. The molecule has 124 valence electrons. The van der Waals surface area contributed by atoms with E-state index in [1.54, 1.807) is 11.8 Å². The third-order valence-electron chi connectivity index (χ3n) is 4.46. The van der Waals surface area contributed by atoms with Crippen LogP contribution in [0.1, 0.15) is 23.6 Å². The van der Waals surface area contributed by atoms with E-state index in [0.717, 1.165) is 28.1 Å². The summed E-state index contributed by atoms with van der Waals surface area (Å²) in [7, 11) is 0. The fraction of sp³-hybridized carbons (Fsp3) is 0.0952. The Balaban J connectivity index is 1.86. The fourth-order valence-corrected chi connectivity index (χ4v) is 3.35. The SMILES string of the molecule is CC(=O)N1Cc2ccc(-n3cccc3)cc2/C=C\c2cc(Cl)ccc21. The topological polar surface area (TPSA) is 25.2 Å². The monoisotopic (exact) mass is 348 g/mol. The number of amides is 1. The lowest BCUT2D eigenvalue weighted by molar-refractivity contribution is -0.116. The van der Waals surface area contributed by atoms with E-state index in [2.05, 4.69) is 28.8 Å². The number of rotatable bonds is 1. The van der Waals surface area contributed by atoms with Gasteiger partial charge < -0.3 is 9.47 Å². The van der Waals surface area contributed by atoms with Gasteiger partial charge in [-0.25, -0.2) is 0 Å². The summed E-state index contributed by atoms with van der Waals surface area (Å²) in [5.74, 6) is 0.0132. The molecule has 0 fully saturated rings. The van der Waals surface area contributed by atoms with E-state index in [1.807, 2.05) is 48.8 Å². The molecular weight excluding hydrogens is 332 g/mol. The molecule has 4 rings (SSSR count). The smallest absolute Gasteiger partial charge is 0.224 e. The summed E-state index contributed by atoms with van der Waals surface area (Å²) >= 11 is 6.15. The molecule has 3 aromatic rings. The van der Waals surface area contributed by atoms with E-state index in [9.17, 15) is 4.79 Å². The van der Waals surface area contributed by atoms with E-state index in [-0.39, 0.29) is 5.91 Å². The van der Waals surface area contributed by atoms with Crippen molar-refractivity contribution in [1.82, 2.24) is 4.57 Å². The van der Waals surface area contributed by atoms with Crippen LogP contribution in [0.4, 0.5) is 5.69 Å². The Kier molecular flexibility index (Phi) is 3.94. The number of anilines is 1. The average molecular weight is 349 g/mol. The molecule has 0 aliphatic carbocycles. The minimum absolute atomic E-state index is 0.0132. The van der Waals surface area contributed by atoms with E-state index in [1.165, 1.54) is 0 Å². The largest absolute Gasteiger partial charge is 0.324 e. The number of fused-ring (bicyclic) bond motifs is 2. The molecule has 2 aromatic carbocycles. The molecule has 0 saturated heterocycles. The zero-order valence-corrected chi connectivity index (χ0v) is 14.6. The number of aromatic nitrogens is 1. The van der Waals surface area contributed by atoms with Gasteiger partial charge in [0, 0.05) is 30.0 Å². The number of benzene rings is 2. The summed E-state index contributed by atoms with van der Waals surface area (Å²) in [4.78, 5) is 14.0. The van der Waals surface area contributed by atoms with Crippen molar-refractivity contribution >= 4 is 35.3 Å². The molecule has 0 radical (unpaired) electrons. The van der Waals surface area contributed by atoms with Crippen LogP contribution in [0.15, 0.2) is 60.9 Å². The van der Waals surface area contributed by atoms with Gasteiger partial charge in [0.2, 0.25) is 5.91 Å². The summed E-state index contributed by atoms with van der Waals surface area (Å²) in [6.07, 6.45) is 8.15. The normalized spacial score (nSPS) is 14.2. The van der Waals surface area contributed by atoms with E-state index >= 15 is 0 Å². The summed E-state index contributed by atoms with van der Waals surface area (Å²) in [6.45, 7) is 2.13. The Labute approximate surface area is 151 Å². The van der Waals surface area contributed by atoms with Crippen molar-refractivity contribution in [1.29, 1.82) is 0 Å². The molecule has 0 saturated carbocycles. The second kappa shape index (κ2) is 6.26. The van der Waals surface area contributed by atoms with Crippen LogP contribution >= 0.6 is 11.6 Å². The highest BCUT2D eigenvalue weighted by molar-refractivity contribution is 6.30. The van der Waals surface area contributed by atoms with Gasteiger partial charge in [-0.2, -0.15) is 0 Å². The van der Waals surface area contributed by atoms with Crippen molar-refractivity contribution in [3.05, 3.63) is 82.6 Å². The summed E-state index contributed by atoms with van der Waals surface area (Å²) in [5, 5.41) is 0.661. The third-order valence-corrected chi connectivity index (χ3v) is 4.70. The van der Waals surface area contributed by atoms with Gasteiger partial charge in [0.05, 0.1) is 12.2 Å². The molecule has 1 aliphatic rings. The van der Waals surface area contributed by atoms with Gasteiger partial charge >= 0.3 is 0 Å².